The average molecular weight is 459 g/mol. The van der Waals surface area contributed by atoms with E-state index in [-0.39, 0.29) is 5.43 Å². The van der Waals surface area contributed by atoms with Gasteiger partial charge in [-0.2, -0.15) is 0 Å². The normalized spacial score (nSPS) is 11.0. The van der Waals surface area contributed by atoms with Crippen molar-refractivity contribution in [1.82, 2.24) is 0 Å². The van der Waals surface area contributed by atoms with Crippen molar-refractivity contribution in [2.75, 3.05) is 24.7 Å². The fraction of sp³-hybridized carbons (Fsp3) is 0.250. The van der Waals surface area contributed by atoms with Crippen molar-refractivity contribution >= 4 is 22.3 Å². The quantitative estimate of drug-likeness (QED) is 0.225. The minimum Gasteiger partial charge on any atom is -0.494 e. The standard InChI is InChI=1S/C28H30N2O4/c1-19-27(31)23-8-4-5-9-25(23)34-28(19)20-10-13-22(14-11-20)32-16-6-2-3-7-17-33-26-18-21(29)12-15-24(26)30/h4-5,8-15,18H,2-3,6-7,16-17,29-30H2,1H3. The molecule has 0 aliphatic carbocycles. The van der Waals surface area contributed by atoms with Gasteiger partial charge in [-0.05, 0) is 81.1 Å². The third-order valence-corrected chi connectivity index (χ3v) is 5.74. The van der Waals surface area contributed by atoms with Crippen LogP contribution < -0.4 is 26.4 Å². The van der Waals surface area contributed by atoms with Gasteiger partial charge in [0.15, 0.2) is 5.43 Å². The number of anilines is 2. The van der Waals surface area contributed by atoms with Crippen molar-refractivity contribution in [2.24, 2.45) is 0 Å². The second-order valence-electron chi connectivity index (χ2n) is 8.31. The van der Waals surface area contributed by atoms with Gasteiger partial charge in [0.05, 0.1) is 24.3 Å². The lowest BCUT2D eigenvalue weighted by Gasteiger charge is -2.10. The molecule has 0 radical (unpaired) electrons. The maximum Gasteiger partial charge on any atom is 0.196 e. The maximum atomic E-state index is 12.7. The van der Waals surface area contributed by atoms with E-state index in [0.29, 0.717) is 52.6 Å². The van der Waals surface area contributed by atoms with Gasteiger partial charge in [-0.1, -0.05) is 12.1 Å². The second kappa shape index (κ2) is 10.8. The summed E-state index contributed by atoms with van der Waals surface area (Å²) in [6.07, 6.45) is 4.00. The lowest BCUT2D eigenvalue weighted by Crippen LogP contribution is -2.07. The molecule has 3 aromatic carbocycles. The van der Waals surface area contributed by atoms with Crippen LogP contribution in [0.25, 0.3) is 22.3 Å². The highest BCUT2D eigenvalue weighted by Gasteiger charge is 2.12. The molecule has 6 heteroatoms. The zero-order valence-electron chi connectivity index (χ0n) is 19.4. The Morgan fingerprint density at radius 2 is 1.53 bits per heavy atom. The predicted molar refractivity (Wildman–Crippen MR) is 137 cm³/mol. The van der Waals surface area contributed by atoms with E-state index in [0.717, 1.165) is 37.0 Å². The Hall–Kier alpha value is -3.93. The minimum absolute atomic E-state index is 0.000978. The second-order valence-corrected chi connectivity index (χ2v) is 8.31. The molecule has 0 aliphatic rings. The fourth-order valence-corrected chi connectivity index (χ4v) is 3.82. The Kier molecular flexibility index (Phi) is 7.38. The van der Waals surface area contributed by atoms with Crippen molar-refractivity contribution in [3.63, 3.8) is 0 Å². The first-order chi connectivity index (χ1) is 16.5. The van der Waals surface area contributed by atoms with Gasteiger partial charge in [0.2, 0.25) is 0 Å². The predicted octanol–water partition coefficient (Wildman–Crippen LogP) is 5.95. The number of benzene rings is 3. The van der Waals surface area contributed by atoms with Crippen LogP contribution >= 0.6 is 0 Å². The van der Waals surface area contributed by atoms with E-state index >= 15 is 0 Å². The van der Waals surface area contributed by atoms with Gasteiger partial charge in [0.1, 0.15) is 22.8 Å². The number of unbranched alkanes of at least 4 members (excludes halogenated alkanes) is 3. The van der Waals surface area contributed by atoms with Gasteiger partial charge in [-0.3, -0.25) is 4.79 Å². The molecule has 0 atom stereocenters. The van der Waals surface area contributed by atoms with E-state index in [9.17, 15) is 4.79 Å². The zero-order valence-corrected chi connectivity index (χ0v) is 19.4. The summed E-state index contributed by atoms with van der Waals surface area (Å²) in [6, 6.07) is 20.3. The summed E-state index contributed by atoms with van der Waals surface area (Å²) in [6.45, 7) is 3.06. The molecule has 0 unspecified atom stereocenters. The molecule has 4 rings (SSSR count). The summed E-state index contributed by atoms with van der Waals surface area (Å²) in [5.74, 6) is 2.03. The first kappa shape index (κ1) is 23.2. The largest absolute Gasteiger partial charge is 0.494 e. The van der Waals surface area contributed by atoms with Crippen LogP contribution in [-0.2, 0) is 0 Å². The molecule has 6 nitrogen and oxygen atoms in total. The highest BCUT2D eigenvalue weighted by Crippen LogP contribution is 2.27. The Labute approximate surface area is 199 Å². The molecule has 0 aliphatic heterocycles. The summed E-state index contributed by atoms with van der Waals surface area (Å²) in [5, 5.41) is 0.601. The number of fused-ring (bicyclic) bond motifs is 1. The van der Waals surface area contributed by atoms with Crippen molar-refractivity contribution in [1.29, 1.82) is 0 Å². The van der Waals surface area contributed by atoms with E-state index in [1.165, 1.54) is 0 Å². The number of rotatable bonds is 10. The number of nitrogens with two attached hydrogens (primary N) is 2. The molecular formula is C28H30N2O4. The topological polar surface area (TPSA) is 101 Å². The number of hydrogen-bond acceptors (Lipinski definition) is 6. The molecule has 176 valence electrons. The summed E-state index contributed by atoms with van der Waals surface area (Å²) in [5.41, 5.74) is 15.0. The lowest BCUT2D eigenvalue weighted by atomic mass is 10.1. The smallest absolute Gasteiger partial charge is 0.196 e. The summed E-state index contributed by atoms with van der Waals surface area (Å²) in [7, 11) is 0. The van der Waals surface area contributed by atoms with Crippen molar-refractivity contribution in [2.45, 2.75) is 32.6 Å². The summed E-state index contributed by atoms with van der Waals surface area (Å²) >= 11 is 0. The molecule has 4 N–H and O–H groups in total. The fourth-order valence-electron chi connectivity index (χ4n) is 3.82. The highest BCUT2D eigenvalue weighted by atomic mass is 16.5. The number of ether oxygens (including phenoxy) is 2. The Morgan fingerprint density at radius 3 is 2.29 bits per heavy atom. The Balaban J connectivity index is 1.21. The maximum absolute atomic E-state index is 12.7. The van der Waals surface area contributed by atoms with Gasteiger partial charge in [0.25, 0.3) is 0 Å². The van der Waals surface area contributed by atoms with E-state index in [1.54, 1.807) is 31.2 Å². The van der Waals surface area contributed by atoms with Gasteiger partial charge in [-0.15, -0.1) is 0 Å². The summed E-state index contributed by atoms with van der Waals surface area (Å²) < 4.78 is 17.6. The minimum atomic E-state index is -0.000978. The van der Waals surface area contributed by atoms with Crippen LogP contribution in [-0.4, -0.2) is 13.2 Å². The molecule has 0 saturated heterocycles. The monoisotopic (exact) mass is 458 g/mol. The molecule has 34 heavy (non-hydrogen) atoms. The third-order valence-electron chi connectivity index (χ3n) is 5.74. The van der Waals surface area contributed by atoms with Crippen LogP contribution in [0.15, 0.2) is 75.9 Å². The molecule has 0 fully saturated rings. The Bertz CT molecular complexity index is 1310. The van der Waals surface area contributed by atoms with E-state index in [2.05, 4.69) is 0 Å². The highest BCUT2D eigenvalue weighted by molar-refractivity contribution is 5.80. The van der Waals surface area contributed by atoms with Crippen molar-refractivity contribution in [3.05, 3.63) is 82.5 Å². The van der Waals surface area contributed by atoms with Crippen molar-refractivity contribution in [3.8, 4) is 22.8 Å². The first-order valence-corrected chi connectivity index (χ1v) is 11.6. The summed E-state index contributed by atoms with van der Waals surface area (Å²) in [4.78, 5) is 12.7. The van der Waals surface area contributed by atoms with Crippen LogP contribution in [0.3, 0.4) is 0 Å². The average Bonchev–Trinajstić information content (AvgIpc) is 2.85. The Morgan fingerprint density at radius 1 is 0.824 bits per heavy atom. The van der Waals surface area contributed by atoms with E-state index in [1.807, 2.05) is 42.5 Å². The molecule has 0 amide bonds. The molecular weight excluding hydrogens is 428 g/mol. The van der Waals surface area contributed by atoms with Crippen LogP contribution in [0.1, 0.15) is 31.2 Å². The van der Waals surface area contributed by atoms with Crippen LogP contribution in [0.5, 0.6) is 11.5 Å². The lowest BCUT2D eigenvalue weighted by molar-refractivity contribution is 0.288. The molecule has 0 spiro atoms. The van der Waals surface area contributed by atoms with Gasteiger partial charge < -0.3 is 25.4 Å². The first-order valence-electron chi connectivity index (χ1n) is 11.6. The third kappa shape index (κ3) is 5.52. The van der Waals surface area contributed by atoms with Gasteiger partial charge >= 0.3 is 0 Å². The van der Waals surface area contributed by atoms with Gasteiger partial charge in [0, 0.05) is 22.9 Å². The zero-order chi connectivity index (χ0) is 23.9. The molecule has 1 heterocycles. The SMILES string of the molecule is Cc1c(-c2ccc(OCCCCCCOc3cc(N)ccc3N)cc2)oc2ccccc2c1=O. The molecule has 1 aromatic heterocycles. The van der Waals surface area contributed by atoms with Crippen LogP contribution in [0.4, 0.5) is 11.4 Å². The number of para-hydroxylation sites is 1. The molecule has 4 aromatic rings. The van der Waals surface area contributed by atoms with Crippen LogP contribution in [0.2, 0.25) is 0 Å². The molecule has 0 saturated carbocycles. The van der Waals surface area contributed by atoms with Gasteiger partial charge in [-0.25, -0.2) is 0 Å². The van der Waals surface area contributed by atoms with E-state index in [4.69, 9.17) is 25.4 Å². The number of nitrogen functional groups attached to an aromatic ring is 2. The van der Waals surface area contributed by atoms with Crippen LogP contribution in [0, 0.1) is 6.92 Å². The molecule has 0 bridgehead atoms. The van der Waals surface area contributed by atoms with Crippen molar-refractivity contribution < 1.29 is 13.9 Å². The number of hydrogen-bond donors (Lipinski definition) is 2. The van der Waals surface area contributed by atoms with E-state index < -0.39 is 0 Å².